The van der Waals surface area contributed by atoms with Gasteiger partial charge in [-0.3, -0.25) is 9.59 Å². The molecular weight excluding hydrogens is 523 g/mol. The molecule has 0 aromatic carbocycles. The van der Waals surface area contributed by atoms with Crippen molar-refractivity contribution >= 4 is 17.5 Å². The van der Waals surface area contributed by atoms with Gasteiger partial charge in [-0.05, 0) is 54.4 Å². The van der Waals surface area contributed by atoms with Crippen LogP contribution in [0.1, 0.15) is 47.0 Å². The number of rotatable bonds is 4. The quantitative estimate of drug-likeness (QED) is 0.356. The number of aliphatic hydroxyl groups excluding tert-OH is 2. The Hall–Kier alpha value is -0.856. The van der Waals surface area contributed by atoms with Crippen LogP contribution in [0, 0.1) is 45.8 Å². The van der Waals surface area contributed by atoms with Crippen molar-refractivity contribution in [3.05, 3.63) is 30.2 Å². The van der Waals surface area contributed by atoms with E-state index < -0.39 is 40.4 Å². The van der Waals surface area contributed by atoms with Crippen molar-refractivity contribution in [3.8, 4) is 0 Å². The van der Waals surface area contributed by atoms with Crippen molar-refractivity contribution in [2.45, 2.75) is 59.1 Å². The van der Waals surface area contributed by atoms with Crippen molar-refractivity contribution < 1.29 is 62.0 Å². The minimum atomic E-state index is -0.943. The van der Waals surface area contributed by atoms with Gasteiger partial charge in [-0.15, -0.1) is 0 Å². The number of hydrogen-bond acceptors (Lipinski definition) is 7. The number of hydrogen-bond donors (Lipinski definition) is 3. The Morgan fingerprint density at radius 1 is 1.23 bits per heavy atom. The molecule has 1 radical (unpaired) electrons. The maximum absolute atomic E-state index is 13.5. The van der Waals surface area contributed by atoms with Crippen molar-refractivity contribution in [1.29, 1.82) is 0 Å². The van der Waals surface area contributed by atoms with Crippen LogP contribution in [0.4, 0.5) is 0 Å². The Kier molecular flexibility index (Phi) is 6.89. The normalized spacial score (nSPS) is 47.3. The standard InChI is InChI=1S/C27H36NO6.Y/c1-5-34-23(33)22-19-11-18-17-7-6-15-10-16(30)8-9-24(15,2)26(17,4)20(31)12-25(18,3)27(19,14-28-22)21(32)13-29;/h6,8-10,17-20,22,28-29,31H,5,7,11-14H2,1-4H3;/q-1;/t17-,18-,19-,20-,22?,24-,25-,26+,27+;/m0./s1. The van der Waals surface area contributed by atoms with Gasteiger partial charge in [-0.2, -0.15) is 11.6 Å². The smallest absolute Gasteiger partial charge is 0.323 e. The van der Waals surface area contributed by atoms with E-state index in [-0.39, 0.29) is 74.6 Å². The summed E-state index contributed by atoms with van der Waals surface area (Å²) >= 11 is 0. The number of fused-ring (bicyclic) bond motifs is 7. The summed E-state index contributed by atoms with van der Waals surface area (Å²) in [7, 11) is 0. The fourth-order valence-electron chi connectivity index (χ4n) is 8.97. The fourth-order valence-corrected chi connectivity index (χ4v) is 8.97. The first-order valence-electron chi connectivity index (χ1n) is 12.5. The van der Waals surface area contributed by atoms with Gasteiger partial charge in [-0.25, -0.2) is 6.42 Å². The first-order chi connectivity index (χ1) is 16.0. The maximum atomic E-state index is 13.5. The van der Waals surface area contributed by atoms with Crippen molar-refractivity contribution in [1.82, 2.24) is 5.32 Å². The van der Waals surface area contributed by atoms with Crippen LogP contribution in [0.25, 0.3) is 0 Å². The number of esters is 1. The number of ketones is 2. The Labute approximate surface area is 232 Å². The minimum Gasteiger partial charge on any atom is -0.465 e. The number of Topliss-reactive ketones (excluding diaryl/α,β-unsaturated/α-hetero) is 1. The molecule has 1 heterocycles. The van der Waals surface area contributed by atoms with Crippen LogP contribution in [-0.4, -0.2) is 59.7 Å². The topological polar surface area (TPSA) is 113 Å². The average Bonchev–Trinajstić information content (AvgIpc) is 3.29. The molecule has 0 aromatic heterocycles. The number of carbonyl (C=O) groups is 3. The van der Waals surface area contributed by atoms with E-state index in [0.717, 1.165) is 5.57 Å². The van der Waals surface area contributed by atoms with Crippen LogP contribution in [0.3, 0.4) is 0 Å². The van der Waals surface area contributed by atoms with Gasteiger partial charge >= 0.3 is 5.97 Å². The second-order valence-corrected chi connectivity index (χ2v) is 11.6. The monoisotopic (exact) mass is 559 g/mol. The molecule has 1 unspecified atom stereocenters. The molecule has 0 spiro atoms. The third-order valence-electron chi connectivity index (χ3n) is 10.9. The van der Waals surface area contributed by atoms with Crippen LogP contribution >= 0.6 is 0 Å². The van der Waals surface area contributed by atoms with Gasteiger partial charge in [0.1, 0.15) is 12.6 Å². The van der Waals surface area contributed by atoms with E-state index in [0.29, 0.717) is 25.8 Å². The van der Waals surface area contributed by atoms with Gasteiger partial charge < -0.3 is 25.1 Å². The molecule has 0 aromatic rings. The summed E-state index contributed by atoms with van der Waals surface area (Å²) in [5.74, 6) is -0.825. The molecule has 4 fully saturated rings. The molecule has 189 valence electrons. The van der Waals surface area contributed by atoms with Crippen molar-refractivity contribution in [2.75, 3.05) is 19.8 Å². The second kappa shape index (κ2) is 8.87. The molecule has 3 N–H and O–H groups in total. The van der Waals surface area contributed by atoms with Crippen LogP contribution in [0.2, 0.25) is 0 Å². The Morgan fingerprint density at radius 3 is 2.60 bits per heavy atom. The van der Waals surface area contributed by atoms with Crippen molar-refractivity contribution in [2.24, 2.45) is 39.4 Å². The van der Waals surface area contributed by atoms with Crippen LogP contribution in [0.5, 0.6) is 0 Å². The average molecular weight is 559 g/mol. The third kappa shape index (κ3) is 3.21. The van der Waals surface area contributed by atoms with Crippen LogP contribution in [0.15, 0.2) is 23.8 Å². The van der Waals surface area contributed by atoms with E-state index in [1.807, 2.05) is 6.08 Å². The molecule has 35 heavy (non-hydrogen) atoms. The maximum Gasteiger partial charge on any atom is 0.323 e. The fraction of sp³-hybridized carbons (Fsp3) is 0.704. The summed E-state index contributed by atoms with van der Waals surface area (Å²) in [6.45, 7) is 8.04. The summed E-state index contributed by atoms with van der Waals surface area (Å²) in [6.07, 6.45) is 8.39. The molecular formula is C27H36NO6Y-. The number of carbonyl (C=O) groups excluding carboxylic acids is 3. The second-order valence-electron chi connectivity index (χ2n) is 11.6. The number of nitrogens with one attached hydrogen (secondary N) is 1. The zero-order chi connectivity index (χ0) is 24.7. The number of ether oxygens (including phenoxy) is 1. The van der Waals surface area contributed by atoms with E-state index in [2.05, 4.69) is 32.5 Å². The molecule has 0 bridgehead atoms. The molecule has 1 saturated heterocycles. The van der Waals surface area contributed by atoms with Crippen LogP contribution < -0.4 is 5.32 Å². The number of aliphatic hydroxyl groups is 2. The zero-order valence-corrected chi connectivity index (χ0v) is 23.9. The Balaban J connectivity index is 0.00000289. The summed E-state index contributed by atoms with van der Waals surface area (Å²) in [4.78, 5) is 38.5. The molecule has 9 atom stereocenters. The Morgan fingerprint density at radius 2 is 1.94 bits per heavy atom. The summed E-state index contributed by atoms with van der Waals surface area (Å²) < 4.78 is 5.34. The first-order valence-corrected chi connectivity index (χ1v) is 12.5. The molecule has 5 aliphatic rings. The van der Waals surface area contributed by atoms with Crippen molar-refractivity contribution in [3.63, 3.8) is 0 Å². The predicted octanol–water partition coefficient (Wildman–Crippen LogP) is 1.78. The molecule has 1 aliphatic heterocycles. The van der Waals surface area contributed by atoms with Crippen LogP contribution in [-0.2, 0) is 51.8 Å². The predicted molar refractivity (Wildman–Crippen MR) is 124 cm³/mol. The molecule has 8 heteroatoms. The third-order valence-corrected chi connectivity index (χ3v) is 10.9. The first kappa shape index (κ1) is 27.2. The van der Waals surface area contributed by atoms with E-state index in [1.165, 1.54) is 0 Å². The number of allylic oxidation sites excluding steroid dienone is 4. The van der Waals surface area contributed by atoms with Gasteiger partial charge in [0.2, 0.25) is 0 Å². The van der Waals surface area contributed by atoms with Gasteiger partial charge in [0.25, 0.3) is 0 Å². The zero-order valence-electron chi connectivity index (χ0n) is 21.0. The van der Waals surface area contributed by atoms with Gasteiger partial charge in [0.15, 0.2) is 5.78 Å². The van der Waals surface area contributed by atoms with E-state index in [9.17, 15) is 24.6 Å². The summed E-state index contributed by atoms with van der Waals surface area (Å²) in [5.41, 5.74) is -1.62. The summed E-state index contributed by atoms with van der Waals surface area (Å²) in [5, 5.41) is 25.1. The van der Waals surface area contributed by atoms with E-state index in [4.69, 9.17) is 4.74 Å². The van der Waals surface area contributed by atoms with Gasteiger partial charge in [-0.1, -0.05) is 33.3 Å². The van der Waals surface area contributed by atoms with Gasteiger partial charge in [0, 0.05) is 44.7 Å². The minimum absolute atomic E-state index is 0. The SMILES string of the molecule is CCOC(=O)C1NC[C@]2(C(=O)CO)[C@H]1C[C@H]1[C@@H]3C[CH-]C4=CC(=O)C=C[C@]4(C)[C@@]3(C)[C@@H](O)C[C@@]12C.[Y]. The molecule has 3 saturated carbocycles. The molecule has 4 aliphatic carbocycles. The molecule has 7 nitrogen and oxygen atoms in total. The van der Waals surface area contributed by atoms with E-state index >= 15 is 0 Å². The van der Waals surface area contributed by atoms with Gasteiger partial charge in [0.05, 0.1) is 23.9 Å². The molecule has 5 rings (SSSR count). The molecule has 0 amide bonds. The summed E-state index contributed by atoms with van der Waals surface area (Å²) in [6, 6.07) is -0.605. The van der Waals surface area contributed by atoms with E-state index in [1.54, 1.807) is 19.1 Å². The Bertz CT molecular complexity index is 1010. The largest absolute Gasteiger partial charge is 0.465 e.